The van der Waals surface area contributed by atoms with Gasteiger partial charge in [0.1, 0.15) is 16.8 Å². The van der Waals surface area contributed by atoms with Crippen molar-refractivity contribution in [1.29, 1.82) is 0 Å². The first kappa shape index (κ1) is 19.0. The fourth-order valence-corrected chi connectivity index (χ4v) is 4.61. The summed E-state index contributed by atoms with van der Waals surface area (Å²) in [5.41, 5.74) is 13.2. The summed E-state index contributed by atoms with van der Waals surface area (Å²) >= 11 is 0. The smallest absolute Gasteiger partial charge is 0.221 e. The van der Waals surface area contributed by atoms with Crippen LogP contribution in [0.3, 0.4) is 0 Å². The van der Waals surface area contributed by atoms with Gasteiger partial charge in [-0.2, -0.15) is 4.98 Å². The van der Waals surface area contributed by atoms with Crippen LogP contribution in [0.1, 0.15) is 37.1 Å². The van der Waals surface area contributed by atoms with Crippen molar-refractivity contribution in [1.82, 2.24) is 15.0 Å². The molecule has 2 heterocycles. The summed E-state index contributed by atoms with van der Waals surface area (Å²) in [6.45, 7) is 5.60. The Morgan fingerprint density at radius 2 is 2.00 bits per heavy atom. The number of ether oxygens (including phenoxy) is 1. The van der Waals surface area contributed by atoms with Crippen molar-refractivity contribution >= 4 is 32.5 Å². The number of hydrogen-bond acceptors (Lipinski definition) is 7. The maximum atomic E-state index is 13.2. The molecule has 0 aliphatic rings. The van der Waals surface area contributed by atoms with E-state index in [-0.39, 0.29) is 11.8 Å². The van der Waals surface area contributed by atoms with E-state index >= 15 is 0 Å². The Bertz CT molecular complexity index is 1080. The Kier molecular flexibility index (Phi) is 4.97. The Balaban J connectivity index is 2.30. The first-order valence-electron chi connectivity index (χ1n) is 8.60. The number of aromatic nitrogens is 3. The number of nitrogens with one attached hydrogen (secondary N) is 1. The van der Waals surface area contributed by atoms with E-state index in [0.717, 1.165) is 10.9 Å². The van der Waals surface area contributed by atoms with Crippen LogP contribution in [-0.4, -0.2) is 35.2 Å². The summed E-state index contributed by atoms with van der Waals surface area (Å²) in [4.78, 5) is 11.0. The molecule has 9 heteroatoms. The van der Waals surface area contributed by atoms with Gasteiger partial charge < -0.3 is 21.2 Å². The van der Waals surface area contributed by atoms with E-state index in [1.54, 1.807) is 32.2 Å². The SMILES string of the molecule is CCOc1cc(C(c2cnc(N)nc2N)S(=O)(=O)C(C)C)cc2[nH]ccc12. The van der Waals surface area contributed by atoms with Gasteiger partial charge in [-0.15, -0.1) is 0 Å². The molecule has 0 amide bonds. The number of rotatable bonds is 6. The molecular weight excluding hydrogens is 366 g/mol. The zero-order valence-electron chi connectivity index (χ0n) is 15.4. The number of fused-ring (bicyclic) bond motifs is 1. The largest absolute Gasteiger partial charge is 0.493 e. The van der Waals surface area contributed by atoms with Gasteiger partial charge in [0.05, 0.1) is 11.9 Å². The van der Waals surface area contributed by atoms with E-state index in [1.165, 1.54) is 6.20 Å². The van der Waals surface area contributed by atoms with E-state index < -0.39 is 20.3 Å². The minimum Gasteiger partial charge on any atom is -0.493 e. The molecule has 144 valence electrons. The van der Waals surface area contributed by atoms with Crippen LogP contribution in [0.2, 0.25) is 0 Å². The fraction of sp³-hybridized carbons (Fsp3) is 0.333. The zero-order chi connectivity index (χ0) is 19.8. The van der Waals surface area contributed by atoms with Crippen LogP contribution in [0.15, 0.2) is 30.6 Å². The van der Waals surface area contributed by atoms with E-state index in [4.69, 9.17) is 16.2 Å². The van der Waals surface area contributed by atoms with Gasteiger partial charge in [0.15, 0.2) is 9.84 Å². The zero-order valence-corrected chi connectivity index (χ0v) is 16.2. The third-order valence-electron chi connectivity index (χ3n) is 4.39. The monoisotopic (exact) mass is 389 g/mol. The lowest BCUT2D eigenvalue weighted by atomic mass is 10.0. The molecule has 2 aromatic heterocycles. The molecule has 0 saturated carbocycles. The minimum atomic E-state index is -3.63. The highest BCUT2D eigenvalue weighted by molar-refractivity contribution is 7.92. The summed E-state index contributed by atoms with van der Waals surface area (Å²) in [5.74, 6) is 0.637. The number of nitrogens with zero attached hydrogens (tertiary/aromatic N) is 2. The molecular formula is C18H23N5O3S. The van der Waals surface area contributed by atoms with Gasteiger partial charge in [0, 0.05) is 28.9 Å². The average Bonchev–Trinajstić information content (AvgIpc) is 3.06. The fourth-order valence-electron chi connectivity index (χ4n) is 3.02. The Labute approximate surface area is 157 Å². The van der Waals surface area contributed by atoms with Gasteiger partial charge in [-0.25, -0.2) is 13.4 Å². The van der Waals surface area contributed by atoms with Gasteiger partial charge in [-0.05, 0) is 44.5 Å². The molecule has 0 bridgehead atoms. The van der Waals surface area contributed by atoms with Crippen LogP contribution in [-0.2, 0) is 9.84 Å². The number of aromatic amines is 1. The molecule has 5 N–H and O–H groups in total. The quantitative estimate of drug-likeness (QED) is 0.589. The number of benzene rings is 1. The van der Waals surface area contributed by atoms with E-state index in [9.17, 15) is 8.42 Å². The van der Waals surface area contributed by atoms with Crippen molar-refractivity contribution in [2.24, 2.45) is 0 Å². The number of H-pyrrole nitrogens is 1. The van der Waals surface area contributed by atoms with Crippen molar-refractivity contribution in [3.63, 3.8) is 0 Å². The van der Waals surface area contributed by atoms with Crippen molar-refractivity contribution < 1.29 is 13.2 Å². The third-order valence-corrected chi connectivity index (χ3v) is 6.89. The van der Waals surface area contributed by atoms with E-state index in [2.05, 4.69) is 15.0 Å². The second-order valence-electron chi connectivity index (χ2n) is 6.48. The molecule has 27 heavy (non-hydrogen) atoms. The molecule has 8 nitrogen and oxygen atoms in total. The Morgan fingerprint density at radius 3 is 2.63 bits per heavy atom. The number of hydrogen-bond donors (Lipinski definition) is 3. The minimum absolute atomic E-state index is 0.00762. The maximum absolute atomic E-state index is 13.2. The molecule has 0 radical (unpaired) electrons. The topological polar surface area (TPSA) is 137 Å². The molecule has 0 aliphatic heterocycles. The lowest BCUT2D eigenvalue weighted by molar-refractivity contribution is 0.344. The van der Waals surface area contributed by atoms with Crippen molar-refractivity contribution in [3.05, 3.63) is 41.7 Å². The lowest BCUT2D eigenvalue weighted by Gasteiger charge is -2.22. The summed E-state index contributed by atoms with van der Waals surface area (Å²) < 4.78 is 32.2. The van der Waals surface area contributed by atoms with Crippen LogP contribution in [0, 0.1) is 0 Å². The molecule has 0 aliphatic carbocycles. The van der Waals surface area contributed by atoms with Crippen LogP contribution in [0.25, 0.3) is 10.9 Å². The second-order valence-corrected chi connectivity index (χ2v) is 9.07. The van der Waals surface area contributed by atoms with E-state index in [1.807, 2.05) is 13.0 Å². The number of anilines is 2. The van der Waals surface area contributed by atoms with Gasteiger partial charge >= 0.3 is 0 Å². The van der Waals surface area contributed by atoms with Crippen molar-refractivity contribution in [2.45, 2.75) is 31.3 Å². The van der Waals surface area contributed by atoms with Crippen LogP contribution in [0.5, 0.6) is 5.75 Å². The van der Waals surface area contributed by atoms with Crippen LogP contribution < -0.4 is 16.2 Å². The standard InChI is InChI=1S/C18H23N5O3S/c1-4-26-15-8-11(7-14-12(15)5-6-21-14)16(27(24,25)10(2)3)13-9-22-18(20)23-17(13)19/h5-10,16,21H,4H2,1-3H3,(H4,19,20,22,23). The number of nitrogen functional groups attached to an aromatic ring is 2. The average molecular weight is 389 g/mol. The predicted molar refractivity (Wildman–Crippen MR) is 106 cm³/mol. The predicted octanol–water partition coefficient (Wildman–Crippen LogP) is 2.43. The van der Waals surface area contributed by atoms with Crippen molar-refractivity contribution in [3.8, 4) is 5.75 Å². The van der Waals surface area contributed by atoms with E-state index in [0.29, 0.717) is 23.5 Å². The molecule has 0 spiro atoms. The first-order valence-corrected chi connectivity index (χ1v) is 10.2. The highest BCUT2D eigenvalue weighted by Crippen LogP contribution is 2.39. The lowest BCUT2D eigenvalue weighted by Crippen LogP contribution is -2.24. The molecule has 3 rings (SSSR count). The molecule has 0 fully saturated rings. The highest BCUT2D eigenvalue weighted by Gasteiger charge is 2.34. The summed E-state index contributed by atoms with van der Waals surface area (Å²) in [6, 6.07) is 5.41. The number of sulfone groups is 1. The first-order chi connectivity index (χ1) is 12.8. The summed E-state index contributed by atoms with van der Waals surface area (Å²) in [6.07, 6.45) is 3.16. The normalized spacial score (nSPS) is 13.2. The molecule has 1 unspecified atom stereocenters. The van der Waals surface area contributed by atoms with Gasteiger partial charge in [0.25, 0.3) is 0 Å². The molecule has 3 aromatic rings. The van der Waals surface area contributed by atoms with Crippen LogP contribution in [0.4, 0.5) is 11.8 Å². The second kappa shape index (κ2) is 7.07. The molecule has 0 saturated heterocycles. The molecule has 1 aromatic carbocycles. The Hall–Kier alpha value is -2.81. The van der Waals surface area contributed by atoms with Gasteiger partial charge in [0.2, 0.25) is 5.95 Å². The van der Waals surface area contributed by atoms with Gasteiger partial charge in [-0.3, -0.25) is 0 Å². The van der Waals surface area contributed by atoms with Gasteiger partial charge in [-0.1, -0.05) is 0 Å². The summed E-state index contributed by atoms with van der Waals surface area (Å²) in [7, 11) is -3.63. The van der Waals surface area contributed by atoms with Crippen molar-refractivity contribution in [2.75, 3.05) is 18.1 Å². The van der Waals surface area contributed by atoms with Crippen LogP contribution >= 0.6 is 0 Å². The highest BCUT2D eigenvalue weighted by atomic mass is 32.2. The Morgan fingerprint density at radius 1 is 1.26 bits per heavy atom. The maximum Gasteiger partial charge on any atom is 0.221 e. The summed E-state index contributed by atoms with van der Waals surface area (Å²) in [5, 5.41) is -0.790. The number of nitrogens with two attached hydrogens (primary N) is 2. The third kappa shape index (κ3) is 3.42. The molecule has 1 atom stereocenters.